The topological polar surface area (TPSA) is 0 Å². The molecular formula is C15H17Cl3Ti. The molecule has 1 aliphatic rings. The van der Waals surface area contributed by atoms with Gasteiger partial charge >= 0.3 is 21.7 Å². The Morgan fingerprint density at radius 3 is 2.11 bits per heavy atom. The van der Waals surface area contributed by atoms with Crippen molar-refractivity contribution in [2.75, 3.05) is 0 Å². The van der Waals surface area contributed by atoms with Gasteiger partial charge in [0.25, 0.3) is 0 Å². The summed E-state index contributed by atoms with van der Waals surface area (Å²) in [5.74, 6) is 0. The third-order valence-corrected chi connectivity index (χ3v) is 3.27. The molecular weight excluding hydrogens is 334 g/mol. The van der Waals surface area contributed by atoms with Crippen LogP contribution in [0.15, 0.2) is 42.0 Å². The fourth-order valence-electron chi connectivity index (χ4n) is 2.27. The summed E-state index contributed by atoms with van der Waals surface area (Å²) in [7, 11) is 0. The molecule has 1 aliphatic carbocycles. The molecule has 0 aromatic heterocycles. The van der Waals surface area contributed by atoms with Crippen LogP contribution in [0.4, 0.5) is 0 Å². The van der Waals surface area contributed by atoms with Crippen molar-refractivity contribution in [2.45, 2.75) is 32.6 Å². The van der Waals surface area contributed by atoms with Crippen molar-refractivity contribution in [1.29, 1.82) is 0 Å². The van der Waals surface area contributed by atoms with E-state index in [1.807, 2.05) is 6.08 Å². The van der Waals surface area contributed by atoms with Crippen molar-refractivity contribution in [3.63, 3.8) is 0 Å². The van der Waals surface area contributed by atoms with Crippen LogP contribution in [0.3, 0.4) is 0 Å². The zero-order valence-electron chi connectivity index (χ0n) is 11.3. The number of benzene rings is 1. The number of hydrogen-bond acceptors (Lipinski definition) is 0. The van der Waals surface area contributed by atoms with Crippen LogP contribution >= 0.6 is 0 Å². The van der Waals surface area contributed by atoms with Crippen LogP contribution in [-0.4, -0.2) is 0 Å². The van der Waals surface area contributed by atoms with Gasteiger partial charge in [0.05, 0.1) is 0 Å². The first-order valence-corrected chi connectivity index (χ1v) is 5.46. The molecule has 1 aromatic rings. The van der Waals surface area contributed by atoms with Gasteiger partial charge in [0, 0.05) is 0 Å². The van der Waals surface area contributed by atoms with Crippen LogP contribution in [0.2, 0.25) is 0 Å². The monoisotopic (exact) mass is 350 g/mol. The predicted molar refractivity (Wildman–Crippen MR) is 64.7 cm³/mol. The third-order valence-electron chi connectivity index (χ3n) is 3.27. The van der Waals surface area contributed by atoms with Gasteiger partial charge in [-0.25, -0.2) is 12.2 Å². The van der Waals surface area contributed by atoms with Gasteiger partial charge in [-0.1, -0.05) is 44.5 Å². The Bertz CT molecular complexity index is 437. The molecule has 102 valence electrons. The first kappa shape index (κ1) is 24.3. The molecule has 0 spiro atoms. The van der Waals surface area contributed by atoms with Gasteiger partial charge in [-0.3, -0.25) is 6.08 Å². The Labute approximate surface area is 150 Å². The Balaban J connectivity index is -0.000000640. The second-order valence-electron chi connectivity index (χ2n) is 4.67. The van der Waals surface area contributed by atoms with Crippen LogP contribution in [-0.2, 0) is 27.1 Å². The second kappa shape index (κ2) is 10.1. The Kier molecular flexibility index (Phi) is 12.9. The van der Waals surface area contributed by atoms with E-state index in [1.165, 1.54) is 16.7 Å². The molecule has 0 heterocycles. The first-order valence-electron chi connectivity index (χ1n) is 5.46. The van der Waals surface area contributed by atoms with E-state index in [0.717, 1.165) is 6.42 Å². The minimum absolute atomic E-state index is 0. The summed E-state index contributed by atoms with van der Waals surface area (Å²) in [4.78, 5) is 0. The molecule has 2 rings (SSSR count). The molecule has 19 heavy (non-hydrogen) atoms. The van der Waals surface area contributed by atoms with Gasteiger partial charge in [0.1, 0.15) is 0 Å². The summed E-state index contributed by atoms with van der Waals surface area (Å²) in [5, 5.41) is 0. The first-order chi connectivity index (χ1) is 7.12. The van der Waals surface area contributed by atoms with Crippen LogP contribution in [0.1, 0.15) is 31.4 Å². The number of allylic oxidation sites excluding steroid dienone is 4. The Morgan fingerprint density at radius 2 is 1.63 bits per heavy atom. The summed E-state index contributed by atoms with van der Waals surface area (Å²) in [5.41, 5.74) is 4.27. The van der Waals surface area contributed by atoms with Gasteiger partial charge < -0.3 is 37.2 Å². The molecule has 0 unspecified atom stereocenters. The maximum absolute atomic E-state index is 3.36. The van der Waals surface area contributed by atoms with E-state index in [-0.39, 0.29) is 64.4 Å². The van der Waals surface area contributed by atoms with Gasteiger partial charge in [-0.05, 0) is 23.5 Å². The molecule has 0 saturated carbocycles. The van der Waals surface area contributed by atoms with E-state index < -0.39 is 0 Å². The van der Waals surface area contributed by atoms with Crippen molar-refractivity contribution < 1.29 is 58.9 Å². The van der Waals surface area contributed by atoms with Gasteiger partial charge in [0.15, 0.2) is 0 Å². The second-order valence-corrected chi connectivity index (χ2v) is 4.67. The molecule has 0 aliphatic heterocycles. The van der Waals surface area contributed by atoms with Gasteiger partial charge in [-0.2, -0.15) is 5.57 Å². The molecule has 0 nitrogen and oxygen atoms in total. The van der Waals surface area contributed by atoms with Crippen molar-refractivity contribution in [3.05, 3.63) is 59.2 Å². The van der Waals surface area contributed by atoms with Crippen molar-refractivity contribution in [3.8, 4) is 0 Å². The average molecular weight is 352 g/mol. The van der Waals surface area contributed by atoms with E-state index in [1.54, 1.807) is 0 Å². The quantitative estimate of drug-likeness (QED) is 0.370. The fourth-order valence-corrected chi connectivity index (χ4v) is 2.27. The maximum Gasteiger partial charge on any atom is 4.00 e. The van der Waals surface area contributed by atoms with Crippen LogP contribution in [0, 0.1) is 13.0 Å². The van der Waals surface area contributed by atoms with E-state index in [0.29, 0.717) is 0 Å². The zero-order chi connectivity index (χ0) is 10.9. The molecule has 0 N–H and O–H groups in total. The minimum atomic E-state index is 0. The number of rotatable bonds is 2. The number of hydrogen-bond donors (Lipinski definition) is 0. The number of aryl methyl sites for hydroxylation is 1. The summed E-state index contributed by atoms with van der Waals surface area (Å²) < 4.78 is 0. The molecule has 0 atom stereocenters. The molecule has 0 fully saturated rings. The summed E-state index contributed by atoms with van der Waals surface area (Å²) in [6, 6.07) is 8.62. The Morgan fingerprint density at radius 1 is 1.05 bits per heavy atom. The summed E-state index contributed by atoms with van der Waals surface area (Å²) in [6.45, 7) is 6.75. The summed E-state index contributed by atoms with van der Waals surface area (Å²) >= 11 is 0. The van der Waals surface area contributed by atoms with E-state index in [9.17, 15) is 0 Å². The van der Waals surface area contributed by atoms with Crippen LogP contribution < -0.4 is 37.2 Å². The van der Waals surface area contributed by atoms with E-state index in [2.05, 4.69) is 57.2 Å². The third kappa shape index (κ3) is 5.29. The smallest absolute Gasteiger partial charge is 1.00 e. The van der Waals surface area contributed by atoms with Gasteiger partial charge in [0.2, 0.25) is 0 Å². The predicted octanol–water partition coefficient (Wildman–Crippen LogP) is -5.03. The normalized spacial score (nSPS) is 12.3. The fraction of sp³-hybridized carbons (Fsp3) is 0.333. The largest absolute Gasteiger partial charge is 4.00 e. The Hall–Kier alpha value is 0.284. The van der Waals surface area contributed by atoms with E-state index >= 15 is 0 Å². The van der Waals surface area contributed by atoms with Crippen molar-refractivity contribution >= 4 is 0 Å². The molecule has 1 aromatic carbocycles. The SMILES string of the molecule is Cc1ccccc1C(C)(C)C1=[C-]C=CC1.[Cl-].[Cl-].[Cl-].[Ti+4]. The van der Waals surface area contributed by atoms with Crippen molar-refractivity contribution in [1.82, 2.24) is 0 Å². The average Bonchev–Trinajstić information content (AvgIpc) is 2.71. The maximum atomic E-state index is 3.36. The van der Waals surface area contributed by atoms with Gasteiger partial charge in [-0.15, -0.1) is 0 Å². The minimum Gasteiger partial charge on any atom is -1.00 e. The molecule has 0 saturated heterocycles. The molecule has 4 heteroatoms. The van der Waals surface area contributed by atoms with Crippen molar-refractivity contribution in [2.24, 2.45) is 0 Å². The molecule has 0 radical (unpaired) electrons. The van der Waals surface area contributed by atoms with Crippen LogP contribution in [0.25, 0.3) is 0 Å². The molecule has 0 amide bonds. The van der Waals surface area contributed by atoms with Crippen LogP contribution in [0.5, 0.6) is 0 Å². The standard InChI is InChI=1S/C15H17.3ClH.Ti/c1-12-8-4-7-11-14(12)15(2,3)13-9-5-6-10-13;;;;/h4-8,11H,9H2,1-3H3;3*1H;/q-1;;;;+4/p-3. The number of halogens is 3. The van der Waals surface area contributed by atoms with E-state index in [4.69, 9.17) is 0 Å². The summed E-state index contributed by atoms with van der Waals surface area (Å²) in [6.07, 6.45) is 8.61. The zero-order valence-corrected chi connectivity index (χ0v) is 15.1. The molecule has 0 bridgehead atoms.